The van der Waals surface area contributed by atoms with E-state index in [4.69, 9.17) is 10.5 Å². The van der Waals surface area contributed by atoms with Gasteiger partial charge in [-0.3, -0.25) is 4.68 Å². The maximum atomic E-state index is 13.0. The van der Waals surface area contributed by atoms with Crippen LogP contribution in [0.5, 0.6) is 5.75 Å². The molecule has 8 heteroatoms. The van der Waals surface area contributed by atoms with E-state index in [0.29, 0.717) is 11.4 Å². The first-order valence-electron chi connectivity index (χ1n) is 5.77. The topological polar surface area (TPSA) is 66.0 Å². The largest absolute Gasteiger partial charge is 0.485 e. The molecule has 0 aliphatic carbocycles. The maximum absolute atomic E-state index is 13.0. The molecule has 0 bridgehead atoms. The predicted octanol–water partition coefficient (Wildman–Crippen LogP) is 1.87. The van der Waals surface area contributed by atoms with Crippen molar-refractivity contribution in [3.63, 3.8) is 0 Å². The van der Waals surface area contributed by atoms with Gasteiger partial charge in [-0.1, -0.05) is 6.07 Å². The van der Waals surface area contributed by atoms with E-state index in [9.17, 15) is 13.2 Å². The lowest BCUT2D eigenvalue weighted by Gasteiger charge is -2.14. The molecule has 1 aromatic carbocycles. The third kappa shape index (κ3) is 3.08. The van der Waals surface area contributed by atoms with Gasteiger partial charge in [-0.15, -0.1) is 0 Å². The Kier molecular flexibility index (Phi) is 3.93. The van der Waals surface area contributed by atoms with Gasteiger partial charge in [-0.2, -0.15) is 18.3 Å². The van der Waals surface area contributed by atoms with E-state index in [1.54, 1.807) is 7.05 Å². The molecule has 2 aromatic rings. The molecule has 108 valence electrons. The summed E-state index contributed by atoms with van der Waals surface area (Å²) in [5.74, 6) is 0.179. The molecule has 1 aromatic heterocycles. The van der Waals surface area contributed by atoms with Crippen LogP contribution in [-0.4, -0.2) is 14.8 Å². The molecule has 0 radical (unpaired) electrons. The van der Waals surface area contributed by atoms with Crippen molar-refractivity contribution in [1.82, 2.24) is 14.8 Å². The molecule has 0 amide bonds. The van der Waals surface area contributed by atoms with Gasteiger partial charge in [0.25, 0.3) is 0 Å². The average molecular weight is 286 g/mol. The van der Waals surface area contributed by atoms with Gasteiger partial charge in [0.05, 0.1) is 5.56 Å². The van der Waals surface area contributed by atoms with Crippen LogP contribution < -0.4 is 10.5 Å². The molecule has 0 aliphatic rings. The van der Waals surface area contributed by atoms with Crippen LogP contribution in [0.3, 0.4) is 0 Å². The molecule has 1 heterocycles. The van der Waals surface area contributed by atoms with Crippen LogP contribution in [0.15, 0.2) is 24.5 Å². The average Bonchev–Trinajstić information content (AvgIpc) is 2.80. The van der Waals surface area contributed by atoms with E-state index in [2.05, 4.69) is 10.1 Å². The Morgan fingerprint density at radius 1 is 1.35 bits per heavy atom. The van der Waals surface area contributed by atoms with Crippen LogP contribution in [-0.2, 0) is 26.4 Å². The van der Waals surface area contributed by atoms with Gasteiger partial charge in [-0.05, 0) is 17.7 Å². The molecule has 5 nitrogen and oxygen atoms in total. The molecular weight excluding hydrogens is 273 g/mol. The third-order valence-electron chi connectivity index (χ3n) is 2.75. The third-order valence-corrected chi connectivity index (χ3v) is 2.75. The van der Waals surface area contributed by atoms with E-state index in [-0.39, 0.29) is 18.9 Å². The molecule has 0 saturated carbocycles. The van der Waals surface area contributed by atoms with Gasteiger partial charge in [0.1, 0.15) is 18.7 Å². The minimum atomic E-state index is -4.50. The number of aromatic nitrogens is 3. The zero-order chi connectivity index (χ0) is 14.8. The Hall–Kier alpha value is -2.09. The number of nitrogens with two attached hydrogens (primary N) is 1. The van der Waals surface area contributed by atoms with Crippen molar-refractivity contribution in [3.05, 3.63) is 41.5 Å². The summed E-state index contributed by atoms with van der Waals surface area (Å²) in [6, 6.07) is 3.76. The highest BCUT2D eigenvalue weighted by molar-refractivity contribution is 5.39. The Morgan fingerprint density at radius 3 is 2.65 bits per heavy atom. The Bertz CT molecular complexity index is 595. The number of benzene rings is 1. The van der Waals surface area contributed by atoms with Crippen molar-refractivity contribution in [2.75, 3.05) is 0 Å². The van der Waals surface area contributed by atoms with Gasteiger partial charge in [0.15, 0.2) is 5.82 Å². The summed E-state index contributed by atoms with van der Waals surface area (Å²) in [7, 11) is 1.63. The second-order valence-corrected chi connectivity index (χ2v) is 4.12. The van der Waals surface area contributed by atoms with Crippen LogP contribution in [0.2, 0.25) is 0 Å². The zero-order valence-electron chi connectivity index (χ0n) is 10.7. The molecule has 2 rings (SSSR count). The van der Waals surface area contributed by atoms with Crippen LogP contribution in [0, 0.1) is 0 Å². The molecule has 2 N–H and O–H groups in total. The molecular formula is C12H13F3N4O. The number of nitrogens with zero attached hydrogens (tertiary/aromatic N) is 3. The van der Waals surface area contributed by atoms with Crippen LogP contribution in [0.4, 0.5) is 13.2 Å². The van der Waals surface area contributed by atoms with Gasteiger partial charge in [-0.25, -0.2) is 4.98 Å². The predicted molar refractivity (Wildman–Crippen MR) is 64.7 cm³/mol. The fourth-order valence-corrected chi connectivity index (χ4v) is 1.64. The van der Waals surface area contributed by atoms with E-state index in [1.807, 2.05) is 0 Å². The first-order chi connectivity index (χ1) is 9.41. The van der Waals surface area contributed by atoms with Crippen LogP contribution in [0.25, 0.3) is 0 Å². The first-order valence-corrected chi connectivity index (χ1v) is 5.77. The highest BCUT2D eigenvalue weighted by Gasteiger charge is 2.34. The monoisotopic (exact) mass is 286 g/mol. The van der Waals surface area contributed by atoms with Crippen molar-refractivity contribution in [1.29, 1.82) is 0 Å². The zero-order valence-corrected chi connectivity index (χ0v) is 10.7. The Morgan fingerprint density at radius 2 is 2.10 bits per heavy atom. The summed E-state index contributed by atoms with van der Waals surface area (Å²) in [4.78, 5) is 3.88. The van der Waals surface area contributed by atoms with Gasteiger partial charge in [0.2, 0.25) is 0 Å². The molecule has 0 atom stereocenters. The fourth-order valence-electron chi connectivity index (χ4n) is 1.64. The number of ether oxygens (including phenoxy) is 1. The normalized spacial score (nSPS) is 11.7. The summed E-state index contributed by atoms with van der Waals surface area (Å²) < 4.78 is 45.5. The lowest BCUT2D eigenvalue weighted by Crippen LogP contribution is -2.12. The Labute approximate surface area is 113 Å². The maximum Gasteiger partial charge on any atom is 0.419 e. The van der Waals surface area contributed by atoms with E-state index >= 15 is 0 Å². The van der Waals surface area contributed by atoms with E-state index in [0.717, 1.165) is 6.07 Å². The summed E-state index contributed by atoms with van der Waals surface area (Å²) in [6.45, 7) is -0.0613. The van der Waals surface area contributed by atoms with Crippen LogP contribution in [0.1, 0.15) is 17.0 Å². The smallest absolute Gasteiger partial charge is 0.419 e. The Balaban J connectivity index is 2.25. The molecule has 0 spiro atoms. The first kappa shape index (κ1) is 14.3. The molecule has 0 aliphatic heterocycles. The van der Waals surface area contributed by atoms with E-state index < -0.39 is 11.7 Å². The lowest BCUT2D eigenvalue weighted by atomic mass is 10.1. The van der Waals surface area contributed by atoms with Crippen molar-refractivity contribution in [2.24, 2.45) is 12.8 Å². The van der Waals surface area contributed by atoms with Crippen molar-refractivity contribution in [3.8, 4) is 5.75 Å². The number of rotatable bonds is 4. The lowest BCUT2D eigenvalue weighted by molar-refractivity contribution is -0.139. The van der Waals surface area contributed by atoms with Crippen molar-refractivity contribution in [2.45, 2.75) is 19.3 Å². The highest BCUT2D eigenvalue weighted by atomic mass is 19.4. The molecule has 20 heavy (non-hydrogen) atoms. The number of halogens is 3. The summed E-state index contributed by atoms with van der Waals surface area (Å²) in [5, 5.41) is 3.81. The molecule has 0 unspecified atom stereocenters. The SMILES string of the molecule is Cn1ncnc1COc1ccc(CN)cc1C(F)(F)F. The van der Waals surface area contributed by atoms with Crippen molar-refractivity contribution < 1.29 is 17.9 Å². The van der Waals surface area contributed by atoms with Gasteiger partial charge in [0, 0.05) is 13.6 Å². The number of aryl methyl sites for hydroxylation is 1. The minimum Gasteiger partial charge on any atom is -0.485 e. The molecule has 0 saturated heterocycles. The standard InChI is InChI=1S/C12H13F3N4O/c1-19-11(17-7-18-19)6-20-10-3-2-8(5-16)4-9(10)12(13,14)15/h2-4,7H,5-6,16H2,1H3. The van der Waals surface area contributed by atoms with E-state index in [1.165, 1.54) is 23.1 Å². The fraction of sp³-hybridized carbons (Fsp3) is 0.333. The van der Waals surface area contributed by atoms with Crippen LogP contribution >= 0.6 is 0 Å². The summed E-state index contributed by atoms with van der Waals surface area (Å²) in [6.07, 6.45) is -3.19. The summed E-state index contributed by atoms with van der Waals surface area (Å²) in [5.41, 5.74) is 4.90. The minimum absolute atomic E-state index is 0.0344. The number of hydrogen-bond donors (Lipinski definition) is 1. The van der Waals surface area contributed by atoms with Crippen molar-refractivity contribution >= 4 is 0 Å². The highest BCUT2D eigenvalue weighted by Crippen LogP contribution is 2.37. The number of hydrogen-bond acceptors (Lipinski definition) is 4. The van der Waals surface area contributed by atoms with Gasteiger partial charge < -0.3 is 10.5 Å². The quantitative estimate of drug-likeness (QED) is 0.931. The molecule has 0 fully saturated rings. The number of alkyl halides is 3. The second-order valence-electron chi connectivity index (χ2n) is 4.12. The second kappa shape index (κ2) is 5.49. The van der Waals surface area contributed by atoms with Gasteiger partial charge >= 0.3 is 6.18 Å². The summed E-state index contributed by atoms with van der Waals surface area (Å²) >= 11 is 0.